The maximum atomic E-state index is 6.55. The molecule has 0 saturated carbocycles. The van der Waals surface area contributed by atoms with Crippen LogP contribution in [0.2, 0.25) is 0 Å². The van der Waals surface area contributed by atoms with Crippen molar-refractivity contribution in [3.05, 3.63) is 28.2 Å². The summed E-state index contributed by atoms with van der Waals surface area (Å²) < 4.78 is 12.4. The van der Waals surface area contributed by atoms with Crippen LogP contribution in [0, 0.1) is 0 Å². The predicted molar refractivity (Wildman–Crippen MR) is 73.8 cm³/mol. The van der Waals surface area contributed by atoms with Gasteiger partial charge in [0.15, 0.2) is 0 Å². The minimum Gasteiger partial charge on any atom is -0.496 e. The van der Waals surface area contributed by atoms with E-state index in [0.717, 1.165) is 35.0 Å². The fourth-order valence-electron chi connectivity index (χ4n) is 3.26. The Kier molecular flexibility index (Phi) is 3.12. The molecule has 2 aliphatic rings. The molecular formula is C14H18BrNO2. The minimum absolute atomic E-state index is 0.214. The van der Waals surface area contributed by atoms with Crippen LogP contribution in [0.4, 0.5) is 0 Å². The molecule has 2 saturated heterocycles. The maximum Gasteiger partial charge on any atom is 0.122 e. The summed E-state index contributed by atoms with van der Waals surface area (Å²) in [5.41, 5.74) is 7.49. The largest absolute Gasteiger partial charge is 0.496 e. The average Bonchev–Trinajstić information content (AvgIpc) is 2.89. The smallest absolute Gasteiger partial charge is 0.122 e. The lowest BCUT2D eigenvalue weighted by Crippen LogP contribution is -2.50. The second kappa shape index (κ2) is 4.51. The third kappa shape index (κ3) is 2.06. The number of benzene rings is 1. The predicted octanol–water partition coefficient (Wildman–Crippen LogP) is 2.65. The quantitative estimate of drug-likeness (QED) is 0.933. The molecule has 1 aromatic carbocycles. The summed E-state index contributed by atoms with van der Waals surface area (Å²) in [6, 6.07) is 6.07. The summed E-state index contributed by atoms with van der Waals surface area (Å²) in [6.07, 6.45) is 4.63. The van der Waals surface area contributed by atoms with Gasteiger partial charge in [-0.25, -0.2) is 0 Å². The van der Waals surface area contributed by atoms with Gasteiger partial charge in [0.05, 0.1) is 19.3 Å². The Morgan fingerprint density at radius 2 is 2.33 bits per heavy atom. The number of ether oxygens (including phenoxy) is 2. The lowest BCUT2D eigenvalue weighted by atomic mass is 9.78. The van der Waals surface area contributed by atoms with Gasteiger partial charge in [0.1, 0.15) is 5.75 Å². The van der Waals surface area contributed by atoms with Crippen molar-refractivity contribution in [2.24, 2.45) is 5.73 Å². The van der Waals surface area contributed by atoms with Gasteiger partial charge >= 0.3 is 0 Å². The van der Waals surface area contributed by atoms with Gasteiger partial charge < -0.3 is 15.2 Å². The monoisotopic (exact) mass is 311 g/mol. The second-order valence-electron chi connectivity index (χ2n) is 5.39. The molecule has 3 atom stereocenters. The van der Waals surface area contributed by atoms with Crippen LogP contribution >= 0.6 is 15.9 Å². The first kappa shape index (κ1) is 12.5. The lowest BCUT2D eigenvalue weighted by molar-refractivity contribution is 0.0855. The van der Waals surface area contributed by atoms with E-state index in [1.54, 1.807) is 7.11 Å². The zero-order valence-electron chi connectivity index (χ0n) is 10.5. The first-order valence-corrected chi connectivity index (χ1v) is 7.17. The minimum atomic E-state index is -0.225. The Balaban J connectivity index is 1.86. The molecule has 0 aliphatic carbocycles. The Labute approximate surface area is 116 Å². The Morgan fingerprint density at radius 1 is 1.50 bits per heavy atom. The van der Waals surface area contributed by atoms with E-state index in [1.807, 2.05) is 12.1 Å². The SMILES string of the molecule is COc1ccc(Br)cc1CC1(N)CC2CCC1O2. The van der Waals surface area contributed by atoms with Crippen LogP contribution in [-0.4, -0.2) is 24.9 Å². The standard InChI is InChI=1S/C14H18BrNO2/c1-17-12-4-2-10(15)6-9(12)7-14(16)8-11-3-5-13(14)18-11/h2,4,6,11,13H,3,5,7-8,16H2,1H3. The summed E-state index contributed by atoms with van der Waals surface area (Å²) in [5, 5.41) is 0. The molecule has 3 unspecified atom stereocenters. The third-order valence-electron chi connectivity index (χ3n) is 4.12. The highest BCUT2D eigenvalue weighted by atomic mass is 79.9. The van der Waals surface area contributed by atoms with Crippen molar-refractivity contribution >= 4 is 15.9 Å². The van der Waals surface area contributed by atoms with E-state index < -0.39 is 0 Å². The highest BCUT2D eigenvalue weighted by Gasteiger charge is 2.50. The molecule has 0 radical (unpaired) electrons. The van der Waals surface area contributed by atoms with E-state index in [-0.39, 0.29) is 11.6 Å². The van der Waals surface area contributed by atoms with Gasteiger partial charge in [-0.1, -0.05) is 15.9 Å². The third-order valence-corrected chi connectivity index (χ3v) is 4.61. The van der Waals surface area contributed by atoms with Gasteiger partial charge in [-0.05, 0) is 49.4 Å². The van der Waals surface area contributed by atoms with E-state index in [0.29, 0.717) is 6.10 Å². The zero-order chi connectivity index (χ0) is 12.8. The molecule has 2 aliphatic heterocycles. The topological polar surface area (TPSA) is 44.5 Å². The van der Waals surface area contributed by atoms with Crippen molar-refractivity contribution in [1.29, 1.82) is 0 Å². The van der Waals surface area contributed by atoms with E-state index >= 15 is 0 Å². The van der Waals surface area contributed by atoms with Gasteiger partial charge in [-0.3, -0.25) is 0 Å². The molecule has 3 rings (SSSR count). The van der Waals surface area contributed by atoms with Gasteiger partial charge in [-0.15, -0.1) is 0 Å². The summed E-state index contributed by atoms with van der Waals surface area (Å²) >= 11 is 3.51. The van der Waals surface area contributed by atoms with E-state index in [1.165, 1.54) is 6.42 Å². The molecule has 2 heterocycles. The molecule has 2 fully saturated rings. The van der Waals surface area contributed by atoms with Crippen molar-refractivity contribution in [3.63, 3.8) is 0 Å². The highest BCUT2D eigenvalue weighted by Crippen LogP contribution is 2.43. The first-order valence-electron chi connectivity index (χ1n) is 6.37. The Hall–Kier alpha value is -0.580. The zero-order valence-corrected chi connectivity index (χ0v) is 12.1. The first-order chi connectivity index (χ1) is 8.60. The van der Waals surface area contributed by atoms with Crippen molar-refractivity contribution in [3.8, 4) is 5.75 Å². The molecule has 0 amide bonds. The van der Waals surface area contributed by atoms with Crippen LogP contribution < -0.4 is 10.5 Å². The van der Waals surface area contributed by atoms with Crippen LogP contribution in [0.3, 0.4) is 0 Å². The van der Waals surface area contributed by atoms with E-state index in [2.05, 4.69) is 22.0 Å². The Bertz CT molecular complexity index is 465. The van der Waals surface area contributed by atoms with Crippen LogP contribution in [0.25, 0.3) is 0 Å². The fraction of sp³-hybridized carbons (Fsp3) is 0.571. The van der Waals surface area contributed by atoms with Gasteiger partial charge in [-0.2, -0.15) is 0 Å². The maximum absolute atomic E-state index is 6.55. The fourth-order valence-corrected chi connectivity index (χ4v) is 3.67. The number of halogens is 1. The van der Waals surface area contributed by atoms with Crippen molar-refractivity contribution in [2.45, 2.75) is 43.4 Å². The average molecular weight is 312 g/mol. The van der Waals surface area contributed by atoms with Gasteiger partial charge in [0.25, 0.3) is 0 Å². The number of fused-ring (bicyclic) bond motifs is 2. The molecule has 0 aromatic heterocycles. The summed E-state index contributed by atoms with van der Waals surface area (Å²) in [4.78, 5) is 0. The van der Waals surface area contributed by atoms with Crippen LogP contribution in [0.1, 0.15) is 24.8 Å². The van der Waals surface area contributed by atoms with Crippen molar-refractivity contribution in [2.75, 3.05) is 7.11 Å². The van der Waals surface area contributed by atoms with Crippen molar-refractivity contribution < 1.29 is 9.47 Å². The van der Waals surface area contributed by atoms with Crippen LogP contribution in [0.5, 0.6) is 5.75 Å². The molecule has 4 heteroatoms. The van der Waals surface area contributed by atoms with E-state index in [9.17, 15) is 0 Å². The summed E-state index contributed by atoms with van der Waals surface area (Å²) in [7, 11) is 1.70. The number of nitrogens with two attached hydrogens (primary N) is 1. The van der Waals surface area contributed by atoms with E-state index in [4.69, 9.17) is 15.2 Å². The molecular weight excluding hydrogens is 294 g/mol. The number of hydrogen-bond acceptors (Lipinski definition) is 3. The molecule has 1 aromatic rings. The van der Waals surface area contributed by atoms with Gasteiger partial charge in [0.2, 0.25) is 0 Å². The van der Waals surface area contributed by atoms with Crippen molar-refractivity contribution in [1.82, 2.24) is 0 Å². The molecule has 18 heavy (non-hydrogen) atoms. The highest BCUT2D eigenvalue weighted by molar-refractivity contribution is 9.10. The van der Waals surface area contributed by atoms with Crippen LogP contribution in [-0.2, 0) is 11.2 Å². The molecule has 2 N–H and O–H groups in total. The molecule has 0 spiro atoms. The second-order valence-corrected chi connectivity index (χ2v) is 6.31. The lowest BCUT2D eigenvalue weighted by Gasteiger charge is -2.31. The molecule has 98 valence electrons. The van der Waals surface area contributed by atoms with Crippen LogP contribution in [0.15, 0.2) is 22.7 Å². The summed E-state index contributed by atoms with van der Waals surface area (Å²) in [5.74, 6) is 0.908. The molecule has 2 bridgehead atoms. The normalized spacial score (nSPS) is 33.9. The number of rotatable bonds is 3. The number of methoxy groups -OCH3 is 1. The summed E-state index contributed by atoms with van der Waals surface area (Å²) in [6.45, 7) is 0. The van der Waals surface area contributed by atoms with Gasteiger partial charge in [0, 0.05) is 10.0 Å². The molecule has 3 nitrogen and oxygen atoms in total. The number of hydrogen-bond donors (Lipinski definition) is 1. The Morgan fingerprint density at radius 3 is 2.94 bits per heavy atom.